The van der Waals surface area contributed by atoms with Crippen LogP contribution in [0.1, 0.15) is 128 Å². The number of hydrogen-bond donors (Lipinski definition) is 2. The Kier molecular flexibility index (Phi) is 8.98. The van der Waals surface area contributed by atoms with Crippen LogP contribution in [0.3, 0.4) is 0 Å². The Morgan fingerprint density at radius 1 is 0.500 bits per heavy atom. The Labute approximate surface area is 190 Å². The SMILES string of the molecule is [OH][Ti]([OH])([O]C1CCCCC1)[O][Si](C1CCCCC1)(C1CCCCC1)C1CCCCC1. The third-order valence-corrected chi connectivity index (χ3v) is 19.0. The monoisotopic (exact) mass is 474 g/mol. The second-order valence-electron chi connectivity index (χ2n) is 10.9. The molecule has 4 fully saturated rings. The molecule has 0 aromatic rings. The Morgan fingerprint density at radius 3 is 1.20 bits per heavy atom. The average molecular weight is 475 g/mol. The van der Waals surface area contributed by atoms with E-state index in [1.165, 1.54) is 103 Å². The van der Waals surface area contributed by atoms with Gasteiger partial charge in [-0.1, -0.05) is 0 Å². The molecular formula is C24H46O4SiTi. The van der Waals surface area contributed by atoms with E-state index in [1.54, 1.807) is 0 Å². The van der Waals surface area contributed by atoms with Crippen molar-refractivity contribution in [2.24, 2.45) is 0 Å². The van der Waals surface area contributed by atoms with E-state index in [0.29, 0.717) is 16.6 Å². The zero-order chi connectivity index (χ0) is 20.9. The van der Waals surface area contributed by atoms with Crippen molar-refractivity contribution in [3.05, 3.63) is 0 Å². The standard InChI is InChI=1S/C18H33OSi.C6H11O.2H2O.Ti/c19-20(16-10-4-1-5-11-16,17-12-6-2-7-13-17)18-14-8-3-9-15-18;7-6-4-2-1-3-5-6;;;/h16-18H,1-15H2;6H,1-5H2;2*1H2;/q2*-1;;;+4/p-2. The number of rotatable bonds is 7. The molecule has 30 heavy (non-hydrogen) atoms. The summed E-state index contributed by atoms with van der Waals surface area (Å²) in [4.78, 5) is 0. The molecule has 4 aliphatic carbocycles. The summed E-state index contributed by atoms with van der Waals surface area (Å²) in [6, 6.07) is 0. The van der Waals surface area contributed by atoms with Crippen molar-refractivity contribution < 1.29 is 31.8 Å². The fraction of sp³-hybridized carbons (Fsp3) is 1.00. The summed E-state index contributed by atoms with van der Waals surface area (Å²) in [6.07, 6.45) is 25.0. The van der Waals surface area contributed by atoms with Gasteiger partial charge in [0.15, 0.2) is 0 Å². The summed E-state index contributed by atoms with van der Waals surface area (Å²) in [5, 5.41) is 0. The van der Waals surface area contributed by atoms with E-state index in [0.717, 1.165) is 25.7 Å². The van der Waals surface area contributed by atoms with Crippen molar-refractivity contribution in [2.45, 2.75) is 151 Å². The van der Waals surface area contributed by atoms with Crippen molar-refractivity contribution in [2.75, 3.05) is 0 Å². The topological polar surface area (TPSA) is 58.9 Å². The predicted octanol–water partition coefficient (Wildman–Crippen LogP) is 7.10. The molecule has 0 aromatic carbocycles. The van der Waals surface area contributed by atoms with Crippen LogP contribution in [0.5, 0.6) is 0 Å². The Bertz CT molecular complexity index is 462. The normalized spacial score (nSPS) is 27.4. The molecular weight excluding hydrogens is 428 g/mol. The molecule has 0 aliphatic heterocycles. The van der Waals surface area contributed by atoms with Gasteiger partial charge in [-0.05, 0) is 0 Å². The first-order valence-electron chi connectivity index (χ1n) is 13.4. The molecule has 6 heteroatoms. The summed E-state index contributed by atoms with van der Waals surface area (Å²) in [7, 11) is -2.35. The Hall–Kier alpha value is 0.771. The summed E-state index contributed by atoms with van der Waals surface area (Å²) in [5.41, 5.74) is 1.87. The second-order valence-corrected chi connectivity index (χ2v) is 18.3. The van der Waals surface area contributed by atoms with Gasteiger partial charge in [0.1, 0.15) is 0 Å². The van der Waals surface area contributed by atoms with Crippen LogP contribution in [-0.2, 0) is 24.5 Å². The predicted molar refractivity (Wildman–Crippen MR) is 120 cm³/mol. The van der Waals surface area contributed by atoms with E-state index in [9.17, 15) is 7.38 Å². The van der Waals surface area contributed by atoms with Crippen molar-refractivity contribution in [3.63, 3.8) is 0 Å². The van der Waals surface area contributed by atoms with Crippen LogP contribution in [0.2, 0.25) is 16.6 Å². The van der Waals surface area contributed by atoms with Gasteiger partial charge in [-0.2, -0.15) is 0 Å². The van der Waals surface area contributed by atoms with Crippen LogP contribution in [0.15, 0.2) is 0 Å². The molecule has 2 N–H and O–H groups in total. The fourth-order valence-electron chi connectivity index (χ4n) is 7.57. The molecule has 4 nitrogen and oxygen atoms in total. The maximum atomic E-state index is 11.3. The molecule has 0 heterocycles. The average Bonchev–Trinajstić information content (AvgIpc) is 2.80. The van der Waals surface area contributed by atoms with E-state index in [-0.39, 0.29) is 6.10 Å². The minimum absolute atomic E-state index is 0.0181. The van der Waals surface area contributed by atoms with Gasteiger partial charge in [-0.15, -0.1) is 0 Å². The molecule has 0 unspecified atom stereocenters. The van der Waals surface area contributed by atoms with Gasteiger partial charge in [0, 0.05) is 0 Å². The first kappa shape index (κ1) is 23.9. The quantitative estimate of drug-likeness (QED) is 0.387. The van der Waals surface area contributed by atoms with Gasteiger partial charge in [-0.3, -0.25) is 0 Å². The van der Waals surface area contributed by atoms with Crippen LogP contribution < -0.4 is 0 Å². The zero-order valence-corrected chi connectivity index (χ0v) is 21.7. The molecule has 0 atom stereocenters. The molecule has 4 saturated carbocycles. The molecule has 4 rings (SSSR count). The molecule has 0 aromatic heterocycles. The first-order chi connectivity index (χ1) is 14.6. The fourth-order valence-corrected chi connectivity index (χ4v) is 20.3. The third-order valence-electron chi connectivity index (χ3n) is 8.91. The molecule has 0 radical (unpaired) electrons. The van der Waals surface area contributed by atoms with Gasteiger partial charge in [0.25, 0.3) is 0 Å². The molecule has 0 bridgehead atoms. The van der Waals surface area contributed by atoms with Gasteiger partial charge in [0.05, 0.1) is 0 Å². The van der Waals surface area contributed by atoms with Crippen LogP contribution >= 0.6 is 0 Å². The summed E-state index contributed by atoms with van der Waals surface area (Å²) < 4.78 is 35.7. The van der Waals surface area contributed by atoms with Crippen molar-refractivity contribution in [3.8, 4) is 0 Å². The second kappa shape index (κ2) is 11.3. The zero-order valence-electron chi connectivity index (χ0n) is 19.2. The van der Waals surface area contributed by atoms with E-state index in [4.69, 9.17) is 6.33 Å². The van der Waals surface area contributed by atoms with Crippen molar-refractivity contribution in [1.82, 2.24) is 0 Å². The van der Waals surface area contributed by atoms with E-state index in [1.807, 2.05) is 0 Å². The summed E-state index contributed by atoms with van der Waals surface area (Å²) in [6.45, 7) is 0. The van der Waals surface area contributed by atoms with Crippen molar-refractivity contribution >= 4 is 8.32 Å². The third kappa shape index (κ3) is 5.82. The van der Waals surface area contributed by atoms with Crippen LogP contribution in [0.25, 0.3) is 0 Å². The molecule has 0 saturated heterocycles. The summed E-state index contributed by atoms with van der Waals surface area (Å²) >= 11 is -4.72. The Balaban J connectivity index is 1.62. The van der Waals surface area contributed by atoms with Gasteiger partial charge < -0.3 is 0 Å². The molecule has 0 spiro atoms. The van der Waals surface area contributed by atoms with E-state index >= 15 is 0 Å². The van der Waals surface area contributed by atoms with Gasteiger partial charge in [0.2, 0.25) is 0 Å². The van der Waals surface area contributed by atoms with Crippen LogP contribution in [0, 0.1) is 0 Å². The van der Waals surface area contributed by atoms with Crippen LogP contribution in [0.4, 0.5) is 0 Å². The molecule has 4 aliphatic rings. The van der Waals surface area contributed by atoms with Gasteiger partial charge >= 0.3 is 191 Å². The van der Waals surface area contributed by atoms with E-state index < -0.39 is 26.5 Å². The Morgan fingerprint density at radius 2 is 0.833 bits per heavy atom. The molecule has 0 amide bonds. The first-order valence-corrected chi connectivity index (χ1v) is 18.2. The molecule has 174 valence electrons. The summed E-state index contributed by atoms with van der Waals surface area (Å²) in [5.74, 6) is 0. The van der Waals surface area contributed by atoms with Crippen molar-refractivity contribution in [1.29, 1.82) is 0 Å². The van der Waals surface area contributed by atoms with E-state index in [2.05, 4.69) is 0 Å². The van der Waals surface area contributed by atoms with Crippen LogP contribution in [-0.4, -0.2) is 21.8 Å². The maximum absolute atomic E-state index is 11.3. The van der Waals surface area contributed by atoms with Gasteiger partial charge in [-0.25, -0.2) is 0 Å². The number of hydrogen-bond acceptors (Lipinski definition) is 4. The minimum atomic E-state index is -4.72.